The highest BCUT2D eigenvalue weighted by Gasteiger charge is 2.21. The van der Waals surface area contributed by atoms with E-state index >= 15 is 0 Å². The first-order valence-electron chi connectivity index (χ1n) is 7.43. The lowest BCUT2D eigenvalue weighted by molar-refractivity contribution is -0.118. The summed E-state index contributed by atoms with van der Waals surface area (Å²) in [7, 11) is 3.36. The number of anilines is 2. The van der Waals surface area contributed by atoms with Crippen molar-refractivity contribution in [1.29, 1.82) is 0 Å². The van der Waals surface area contributed by atoms with Crippen molar-refractivity contribution >= 4 is 23.2 Å². The van der Waals surface area contributed by atoms with E-state index < -0.39 is 0 Å². The van der Waals surface area contributed by atoms with Crippen LogP contribution < -0.4 is 15.0 Å². The number of hydrogen-bond donors (Lipinski definition) is 1. The molecule has 1 aliphatic heterocycles. The number of rotatable bonds is 3. The molecule has 5 nitrogen and oxygen atoms in total. The summed E-state index contributed by atoms with van der Waals surface area (Å²) in [6.45, 7) is 0. The van der Waals surface area contributed by atoms with Gasteiger partial charge in [0, 0.05) is 30.4 Å². The molecule has 0 unspecified atom stereocenters. The van der Waals surface area contributed by atoms with E-state index in [9.17, 15) is 9.59 Å². The van der Waals surface area contributed by atoms with E-state index in [-0.39, 0.29) is 11.8 Å². The SMILES string of the molecule is COc1ccc(C(=O)Nc2ccc3c(c2)CCC(=O)N3C)cc1. The molecular weight excluding hydrogens is 292 g/mol. The number of carbonyl (C=O) groups is 2. The van der Waals surface area contributed by atoms with Crippen LogP contribution in [0.4, 0.5) is 11.4 Å². The van der Waals surface area contributed by atoms with Crippen LogP contribution in [0.2, 0.25) is 0 Å². The van der Waals surface area contributed by atoms with E-state index in [0.717, 1.165) is 16.9 Å². The molecule has 2 aromatic carbocycles. The first-order chi connectivity index (χ1) is 11.1. The number of amides is 2. The molecule has 0 radical (unpaired) electrons. The van der Waals surface area contributed by atoms with Crippen molar-refractivity contribution < 1.29 is 14.3 Å². The molecule has 3 rings (SSSR count). The summed E-state index contributed by atoms with van der Waals surface area (Å²) in [5.41, 5.74) is 3.27. The molecule has 0 aliphatic carbocycles. The minimum atomic E-state index is -0.173. The van der Waals surface area contributed by atoms with Crippen LogP contribution in [0.3, 0.4) is 0 Å². The highest BCUT2D eigenvalue weighted by atomic mass is 16.5. The third-order valence-corrected chi connectivity index (χ3v) is 4.03. The molecule has 0 fully saturated rings. The fourth-order valence-corrected chi connectivity index (χ4v) is 2.68. The Balaban J connectivity index is 1.77. The highest BCUT2D eigenvalue weighted by molar-refractivity contribution is 6.04. The number of benzene rings is 2. The highest BCUT2D eigenvalue weighted by Crippen LogP contribution is 2.29. The van der Waals surface area contributed by atoms with Gasteiger partial charge in [0.15, 0.2) is 0 Å². The van der Waals surface area contributed by atoms with Crippen LogP contribution in [-0.2, 0) is 11.2 Å². The molecule has 0 spiro atoms. The fraction of sp³-hybridized carbons (Fsp3) is 0.222. The Hall–Kier alpha value is -2.82. The summed E-state index contributed by atoms with van der Waals surface area (Å²) in [6.07, 6.45) is 1.20. The fourth-order valence-electron chi connectivity index (χ4n) is 2.68. The number of hydrogen-bond acceptors (Lipinski definition) is 3. The normalized spacial score (nSPS) is 13.5. The molecule has 0 saturated carbocycles. The van der Waals surface area contributed by atoms with E-state index in [1.807, 2.05) is 18.2 Å². The third-order valence-electron chi connectivity index (χ3n) is 4.03. The Bertz CT molecular complexity index is 753. The zero-order valence-corrected chi connectivity index (χ0v) is 13.1. The van der Waals surface area contributed by atoms with Crippen molar-refractivity contribution in [1.82, 2.24) is 0 Å². The Kier molecular flexibility index (Phi) is 4.02. The maximum absolute atomic E-state index is 12.3. The lowest BCUT2D eigenvalue weighted by atomic mass is 10.0. The Labute approximate surface area is 134 Å². The third kappa shape index (κ3) is 3.04. The quantitative estimate of drug-likeness (QED) is 0.948. The molecule has 0 aromatic heterocycles. The van der Waals surface area contributed by atoms with Crippen LogP contribution in [0, 0.1) is 0 Å². The van der Waals surface area contributed by atoms with Gasteiger partial charge in [-0.2, -0.15) is 0 Å². The standard InChI is InChI=1S/C18H18N2O3/c1-20-16-9-6-14(11-13(16)5-10-17(20)21)19-18(22)12-3-7-15(23-2)8-4-12/h3-4,6-9,11H,5,10H2,1-2H3,(H,19,22). The lowest BCUT2D eigenvalue weighted by Gasteiger charge is -2.26. The molecule has 1 N–H and O–H groups in total. The molecule has 0 bridgehead atoms. The first kappa shape index (κ1) is 15.1. The smallest absolute Gasteiger partial charge is 0.255 e. The van der Waals surface area contributed by atoms with Crippen molar-refractivity contribution in [3.05, 3.63) is 53.6 Å². The van der Waals surface area contributed by atoms with Crippen molar-refractivity contribution in [2.45, 2.75) is 12.8 Å². The molecule has 0 saturated heterocycles. The predicted octanol–water partition coefficient (Wildman–Crippen LogP) is 2.86. The van der Waals surface area contributed by atoms with Crippen molar-refractivity contribution in [2.75, 3.05) is 24.4 Å². The molecule has 5 heteroatoms. The van der Waals surface area contributed by atoms with E-state index in [2.05, 4.69) is 5.32 Å². The van der Waals surface area contributed by atoms with Gasteiger partial charge in [-0.3, -0.25) is 9.59 Å². The first-order valence-corrected chi connectivity index (χ1v) is 7.43. The van der Waals surface area contributed by atoms with E-state index in [4.69, 9.17) is 4.74 Å². The molecule has 2 amide bonds. The summed E-state index contributed by atoms with van der Waals surface area (Å²) < 4.78 is 5.08. The molecule has 1 aliphatic rings. The molecule has 0 atom stereocenters. The largest absolute Gasteiger partial charge is 0.497 e. The minimum absolute atomic E-state index is 0.118. The summed E-state index contributed by atoms with van der Waals surface area (Å²) in [5.74, 6) is 0.656. The monoisotopic (exact) mass is 310 g/mol. The lowest BCUT2D eigenvalue weighted by Crippen LogP contribution is -2.31. The molecule has 2 aromatic rings. The van der Waals surface area contributed by atoms with Crippen molar-refractivity contribution in [3.8, 4) is 5.75 Å². The van der Waals surface area contributed by atoms with E-state index in [0.29, 0.717) is 24.2 Å². The maximum Gasteiger partial charge on any atom is 0.255 e. The zero-order valence-electron chi connectivity index (χ0n) is 13.1. The van der Waals surface area contributed by atoms with Gasteiger partial charge in [-0.25, -0.2) is 0 Å². The predicted molar refractivity (Wildman–Crippen MR) is 89.1 cm³/mol. The number of ether oxygens (including phenoxy) is 1. The van der Waals surface area contributed by atoms with Crippen molar-refractivity contribution in [3.63, 3.8) is 0 Å². The molecule has 23 heavy (non-hydrogen) atoms. The number of nitrogens with zero attached hydrogens (tertiary/aromatic N) is 1. The van der Waals surface area contributed by atoms with Gasteiger partial charge >= 0.3 is 0 Å². The topological polar surface area (TPSA) is 58.6 Å². The average Bonchev–Trinajstić information content (AvgIpc) is 2.58. The van der Waals surface area contributed by atoms with Gasteiger partial charge in [-0.05, 0) is 54.4 Å². The van der Waals surface area contributed by atoms with Gasteiger partial charge in [0.25, 0.3) is 5.91 Å². The van der Waals surface area contributed by atoms with Crippen LogP contribution in [-0.4, -0.2) is 26.0 Å². The number of aryl methyl sites for hydroxylation is 1. The summed E-state index contributed by atoms with van der Waals surface area (Å²) >= 11 is 0. The van der Waals surface area contributed by atoms with Crippen LogP contribution in [0.25, 0.3) is 0 Å². The van der Waals surface area contributed by atoms with Gasteiger partial charge in [0.2, 0.25) is 5.91 Å². The second-order valence-electron chi connectivity index (χ2n) is 5.48. The maximum atomic E-state index is 12.3. The van der Waals surface area contributed by atoms with Crippen LogP contribution in [0.5, 0.6) is 5.75 Å². The van der Waals surface area contributed by atoms with Crippen LogP contribution in [0.15, 0.2) is 42.5 Å². The second kappa shape index (κ2) is 6.12. The molecular formula is C18H18N2O3. The van der Waals surface area contributed by atoms with Gasteiger partial charge in [0.1, 0.15) is 5.75 Å². The summed E-state index contributed by atoms with van der Waals surface area (Å²) in [5, 5.41) is 2.89. The number of methoxy groups -OCH3 is 1. The van der Waals surface area contributed by atoms with Gasteiger partial charge < -0.3 is 15.0 Å². The van der Waals surface area contributed by atoms with Crippen LogP contribution in [0.1, 0.15) is 22.3 Å². The van der Waals surface area contributed by atoms with E-state index in [1.165, 1.54) is 0 Å². The average molecular weight is 310 g/mol. The number of fused-ring (bicyclic) bond motifs is 1. The zero-order chi connectivity index (χ0) is 16.4. The Morgan fingerprint density at radius 2 is 1.87 bits per heavy atom. The van der Waals surface area contributed by atoms with E-state index in [1.54, 1.807) is 43.3 Å². The summed E-state index contributed by atoms with van der Waals surface area (Å²) in [6, 6.07) is 12.6. The number of nitrogens with one attached hydrogen (secondary N) is 1. The van der Waals surface area contributed by atoms with Gasteiger partial charge in [-0.15, -0.1) is 0 Å². The number of carbonyl (C=O) groups excluding carboxylic acids is 2. The summed E-state index contributed by atoms with van der Waals surface area (Å²) in [4.78, 5) is 25.6. The molecule has 1 heterocycles. The minimum Gasteiger partial charge on any atom is -0.497 e. The second-order valence-corrected chi connectivity index (χ2v) is 5.48. The van der Waals surface area contributed by atoms with Gasteiger partial charge in [0.05, 0.1) is 7.11 Å². The van der Waals surface area contributed by atoms with Gasteiger partial charge in [-0.1, -0.05) is 0 Å². The Morgan fingerprint density at radius 1 is 1.13 bits per heavy atom. The molecule has 118 valence electrons. The van der Waals surface area contributed by atoms with Crippen LogP contribution >= 0.6 is 0 Å². The van der Waals surface area contributed by atoms with Crippen molar-refractivity contribution in [2.24, 2.45) is 0 Å². The Morgan fingerprint density at radius 3 is 2.57 bits per heavy atom.